The van der Waals surface area contributed by atoms with Crippen molar-refractivity contribution < 1.29 is 32.2 Å². The Balaban J connectivity index is 3.25. The molecule has 0 aliphatic carbocycles. The first-order valence-corrected chi connectivity index (χ1v) is 5.90. The molecule has 0 amide bonds. The van der Waals surface area contributed by atoms with Crippen LogP contribution in [0.4, 0.5) is 13.2 Å². The van der Waals surface area contributed by atoms with Gasteiger partial charge in [-0.2, -0.15) is 0 Å². The number of alkyl halides is 3. The van der Waals surface area contributed by atoms with Gasteiger partial charge in [-0.3, -0.25) is 4.79 Å². The molecule has 0 spiro atoms. The van der Waals surface area contributed by atoms with Gasteiger partial charge in [-0.05, 0) is 22.6 Å². The molecule has 0 aliphatic heterocycles. The van der Waals surface area contributed by atoms with E-state index in [4.69, 9.17) is 4.74 Å². The van der Waals surface area contributed by atoms with E-state index in [1.807, 2.05) is 0 Å². The minimum Gasteiger partial charge on any atom is -0.496 e. The summed E-state index contributed by atoms with van der Waals surface area (Å²) in [7, 11) is 2.39. The quantitative estimate of drug-likeness (QED) is 0.448. The fraction of sp³-hybridized carbons (Fsp3) is 0.400. The van der Waals surface area contributed by atoms with Gasteiger partial charge in [0.15, 0.2) is 0 Å². The normalized spacial score (nSPS) is 11.1. The molecule has 0 saturated heterocycles. The van der Waals surface area contributed by atoms with Crippen LogP contribution >= 0.6 is 22.6 Å². The highest BCUT2D eigenvalue weighted by Gasteiger charge is 2.34. The Morgan fingerprint density at radius 1 is 1.42 bits per heavy atom. The number of hydrogen-bond donors (Lipinski definition) is 0. The van der Waals surface area contributed by atoms with Crippen LogP contribution in [-0.4, -0.2) is 31.5 Å². The topological polar surface area (TPSA) is 57.7 Å². The Bertz CT molecular complexity index is 479. The number of carbonyl (C=O) groups excluding carboxylic acids is 1. The molecule has 0 atom stereocenters. The molecule has 106 valence electrons. The van der Waals surface area contributed by atoms with Gasteiger partial charge in [-0.1, -0.05) is 0 Å². The molecule has 0 aromatic carbocycles. The lowest BCUT2D eigenvalue weighted by molar-refractivity contribution is -0.276. The Morgan fingerprint density at radius 2 is 2.05 bits per heavy atom. The van der Waals surface area contributed by atoms with Gasteiger partial charge in [-0.15, -0.1) is 13.2 Å². The summed E-state index contributed by atoms with van der Waals surface area (Å²) in [5.74, 6) is -1.38. The summed E-state index contributed by atoms with van der Waals surface area (Å²) in [5.41, 5.74) is -0.118. The van der Waals surface area contributed by atoms with E-state index in [2.05, 4.69) is 14.5 Å². The predicted molar refractivity (Wildman–Crippen MR) is 65.9 cm³/mol. The van der Waals surface area contributed by atoms with Gasteiger partial charge in [0.1, 0.15) is 9.45 Å². The van der Waals surface area contributed by atoms with Crippen LogP contribution in [0.3, 0.4) is 0 Å². The molecule has 19 heavy (non-hydrogen) atoms. The minimum atomic E-state index is -4.91. The molecular weight excluding hydrogens is 382 g/mol. The summed E-state index contributed by atoms with van der Waals surface area (Å²) in [6, 6.07) is 1.39. The molecule has 0 saturated carbocycles. The fourth-order valence-electron chi connectivity index (χ4n) is 1.25. The van der Waals surface area contributed by atoms with E-state index < -0.39 is 24.6 Å². The maximum Gasteiger partial charge on any atom is 0.574 e. The van der Waals surface area contributed by atoms with Crippen molar-refractivity contribution in [2.75, 3.05) is 14.2 Å². The van der Waals surface area contributed by atoms with Crippen LogP contribution < -0.4 is 9.47 Å². The molecule has 0 unspecified atom stereocenters. The maximum absolute atomic E-state index is 12.3. The lowest BCUT2D eigenvalue weighted by atomic mass is 10.2. The fourth-order valence-corrected chi connectivity index (χ4v) is 1.75. The molecule has 0 fully saturated rings. The monoisotopic (exact) mass is 391 g/mol. The SMILES string of the molecule is COC(=O)Cc1c(OC)cc(I)nc1OC(F)(F)F. The maximum atomic E-state index is 12.3. The van der Waals surface area contributed by atoms with Crippen molar-refractivity contribution in [1.29, 1.82) is 0 Å². The lowest BCUT2D eigenvalue weighted by Gasteiger charge is -2.15. The molecule has 0 aliphatic rings. The summed E-state index contributed by atoms with van der Waals surface area (Å²) in [6.45, 7) is 0. The van der Waals surface area contributed by atoms with Gasteiger partial charge in [0.25, 0.3) is 0 Å². The van der Waals surface area contributed by atoms with Gasteiger partial charge < -0.3 is 14.2 Å². The zero-order valence-electron chi connectivity index (χ0n) is 9.88. The van der Waals surface area contributed by atoms with Gasteiger partial charge in [0, 0.05) is 6.07 Å². The number of methoxy groups -OCH3 is 2. The van der Waals surface area contributed by atoms with Crippen LogP contribution in [0.25, 0.3) is 0 Å². The molecule has 1 aromatic rings. The number of ether oxygens (including phenoxy) is 3. The number of rotatable bonds is 4. The lowest BCUT2D eigenvalue weighted by Crippen LogP contribution is -2.20. The average molecular weight is 391 g/mol. The van der Waals surface area contributed by atoms with Gasteiger partial charge in [0.2, 0.25) is 5.88 Å². The number of nitrogens with zero attached hydrogens (tertiary/aromatic N) is 1. The van der Waals surface area contributed by atoms with Gasteiger partial charge in [0.05, 0.1) is 26.2 Å². The third-order valence-corrected chi connectivity index (χ3v) is 2.55. The number of halogens is 4. The summed E-state index contributed by atoms with van der Waals surface area (Å²) in [5, 5.41) is 0. The van der Waals surface area contributed by atoms with Crippen LogP contribution in [0.2, 0.25) is 0 Å². The van der Waals surface area contributed by atoms with Crippen molar-refractivity contribution in [3.8, 4) is 11.6 Å². The molecule has 1 heterocycles. The van der Waals surface area contributed by atoms with E-state index in [1.165, 1.54) is 13.2 Å². The molecule has 0 bridgehead atoms. The Labute approximate surface area is 120 Å². The van der Waals surface area contributed by atoms with Crippen LogP contribution in [0.1, 0.15) is 5.56 Å². The van der Waals surface area contributed by atoms with Crippen LogP contribution in [0.5, 0.6) is 11.6 Å². The molecular formula is C10H9F3INO4. The Morgan fingerprint density at radius 3 is 2.53 bits per heavy atom. The number of hydrogen-bond acceptors (Lipinski definition) is 5. The third-order valence-electron chi connectivity index (χ3n) is 2.00. The van der Waals surface area contributed by atoms with Gasteiger partial charge >= 0.3 is 12.3 Å². The molecule has 1 rings (SSSR count). The zero-order chi connectivity index (χ0) is 14.6. The molecule has 5 nitrogen and oxygen atoms in total. The van der Waals surface area contributed by atoms with Gasteiger partial charge in [-0.25, -0.2) is 4.98 Å². The second-order valence-electron chi connectivity index (χ2n) is 3.23. The second kappa shape index (κ2) is 6.26. The average Bonchev–Trinajstić information content (AvgIpc) is 2.29. The number of pyridine rings is 1. The number of carbonyl (C=O) groups is 1. The third kappa shape index (κ3) is 4.73. The summed E-state index contributed by atoms with van der Waals surface area (Å²) < 4.78 is 50.2. The first-order chi connectivity index (χ1) is 8.76. The van der Waals surface area contributed by atoms with E-state index in [9.17, 15) is 18.0 Å². The predicted octanol–water partition coefficient (Wildman–Crippen LogP) is 2.31. The van der Waals surface area contributed by atoms with E-state index in [0.717, 1.165) is 7.11 Å². The Hall–Kier alpha value is -1.26. The number of esters is 1. The van der Waals surface area contributed by atoms with Crippen molar-refractivity contribution in [3.05, 3.63) is 15.3 Å². The standard InChI is InChI=1S/C10H9F3INO4/c1-17-6-4-7(14)15-9(19-10(11,12)13)5(6)3-8(16)18-2/h4H,3H2,1-2H3. The highest BCUT2D eigenvalue weighted by Crippen LogP contribution is 2.32. The van der Waals surface area contributed by atoms with Crippen molar-refractivity contribution in [2.24, 2.45) is 0 Å². The Kier molecular flexibility index (Phi) is 5.20. The van der Waals surface area contributed by atoms with Crippen molar-refractivity contribution >= 4 is 28.6 Å². The highest BCUT2D eigenvalue weighted by molar-refractivity contribution is 14.1. The van der Waals surface area contributed by atoms with E-state index >= 15 is 0 Å². The summed E-state index contributed by atoms with van der Waals surface area (Å²) >= 11 is 1.71. The molecule has 9 heteroatoms. The van der Waals surface area contributed by atoms with Crippen molar-refractivity contribution in [1.82, 2.24) is 4.98 Å². The van der Waals surface area contributed by atoms with Crippen molar-refractivity contribution in [3.63, 3.8) is 0 Å². The number of aromatic nitrogens is 1. The van der Waals surface area contributed by atoms with Crippen LogP contribution in [0, 0.1) is 3.70 Å². The first kappa shape index (κ1) is 15.8. The van der Waals surface area contributed by atoms with Crippen molar-refractivity contribution in [2.45, 2.75) is 12.8 Å². The summed E-state index contributed by atoms with van der Waals surface area (Å²) in [6.07, 6.45) is -5.34. The highest BCUT2D eigenvalue weighted by atomic mass is 127. The molecule has 0 radical (unpaired) electrons. The second-order valence-corrected chi connectivity index (χ2v) is 4.34. The van der Waals surface area contributed by atoms with E-state index in [1.54, 1.807) is 22.6 Å². The van der Waals surface area contributed by atoms with Crippen LogP contribution in [-0.2, 0) is 16.0 Å². The van der Waals surface area contributed by atoms with E-state index in [0.29, 0.717) is 0 Å². The zero-order valence-corrected chi connectivity index (χ0v) is 12.0. The molecule has 1 aromatic heterocycles. The smallest absolute Gasteiger partial charge is 0.496 e. The first-order valence-electron chi connectivity index (χ1n) is 4.82. The minimum absolute atomic E-state index is 0.0732. The molecule has 0 N–H and O–H groups in total. The summed E-state index contributed by atoms with van der Waals surface area (Å²) in [4.78, 5) is 14.8. The van der Waals surface area contributed by atoms with E-state index in [-0.39, 0.29) is 15.0 Å². The van der Waals surface area contributed by atoms with Crippen LogP contribution in [0.15, 0.2) is 6.07 Å². The largest absolute Gasteiger partial charge is 0.574 e.